The third-order valence-electron chi connectivity index (χ3n) is 3.91. The molecule has 1 aromatic heterocycles. The molecule has 1 saturated heterocycles. The number of thioether (sulfide) groups is 1. The Labute approximate surface area is 129 Å². The predicted molar refractivity (Wildman–Crippen MR) is 91.5 cm³/mol. The van der Waals surface area contributed by atoms with Gasteiger partial charge in [0.15, 0.2) is 0 Å². The van der Waals surface area contributed by atoms with Crippen LogP contribution >= 0.6 is 11.8 Å². The zero-order chi connectivity index (χ0) is 14.8. The molecule has 1 fully saturated rings. The van der Waals surface area contributed by atoms with Gasteiger partial charge in [0, 0.05) is 35.0 Å². The van der Waals surface area contributed by atoms with E-state index >= 15 is 0 Å². The summed E-state index contributed by atoms with van der Waals surface area (Å²) >= 11 is 2.04. The summed E-state index contributed by atoms with van der Waals surface area (Å²) in [4.78, 5) is 7.10. The van der Waals surface area contributed by atoms with Crippen molar-refractivity contribution in [3.63, 3.8) is 0 Å². The summed E-state index contributed by atoms with van der Waals surface area (Å²) in [7, 11) is 0. The normalized spacial score (nSPS) is 18.9. The molecule has 2 heterocycles. The summed E-state index contributed by atoms with van der Waals surface area (Å²) in [6.45, 7) is 4.25. The summed E-state index contributed by atoms with van der Waals surface area (Å²) in [5, 5.41) is 9.44. The summed E-state index contributed by atoms with van der Waals surface area (Å²) < 4.78 is 0. The molecule has 5 heteroatoms. The molecule has 21 heavy (non-hydrogen) atoms. The second kappa shape index (κ2) is 5.93. The standard InChI is InChI=1S/C16H20N4S/c1-2-11-10-20(7-8-21-11)15-9-13(16(17)18)12-5-3-4-6-14(12)19-15/h3-6,9,11H,2,7-8,10H2,1H3,(H3,17,18). The third kappa shape index (κ3) is 2.83. The van der Waals surface area contributed by atoms with E-state index in [9.17, 15) is 0 Å². The van der Waals surface area contributed by atoms with E-state index < -0.39 is 0 Å². The zero-order valence-corrected chi connectivity index (χ0v) is 13.0. The minimum Gasteiger partial charge on any atom is -0.384 e. The summed E-state index contributed by atoms with van der Waals surface area (Å²) in [5.74, 6) is 2.17. The fourth-order valence-corrected chi connectivity index (χ4v) is 3.90. The van der Waals surface area contributed by atoms with Crippen LogP contribution in [0.15, 0.2) is 30.3 Å². The van der Waals surface area contributed by atoms with Crippen molar-refractivity contribution in [3.05, 3.63) is 35.9 Å². The van der Waals surface area contributed by atoms with E-state index in [4.69, 9.17) is 16.1 Å². The van der Waals surface area contributed by atoms with Gasteiger partial charge >= 0.3 is 0 Å². The van der Waals surface area contributed by atoms with Crippen molar-refractivity contribution in [1.82, 2.24) is 4.98 Å². The third-order valence-corrected chi connectivity index (χ3v) is 5.28. The van der Waals surface area contributed by atoms with Gasteiger partial charge in [-0.1, -0.05) is 25.1 Å². The van der Waals surface area contributed by atoms with Crippen LogP contribution in [0.2, 0.25) is 0 Å². The number of nitrogens with zero attached hydrogens (tertiary/aromatic N) is 2. The maximum absolute atomic E-state index is 7.83. The number of hydrogen-bond donors (Lipinski definition) is 2. The van der Waals surface area contributed by atoms with E-state index in [1.807, 2.05) is 42.1 Å². The van der Waals surface area contributed by atoms with Crippen LogP contribution in [0.1, 0.15) is 18.9 Å². The van der Waals surface area contributed by atoms with E-state index in [1.54, 1.807) is 0 Å². The van der Waals surface area contributed by atoms with Gasteiger partial charge in [-0.3, -0.25) is 5.41 Å². The van der Waals surface area contributed by atoms with Crippen molar-refractivity contribution in [2.75, 3.05) is 23.7 Å². The zero-order valence-electron chi connectivity index (χ0n) is 12.2. The first kappa shape index (κ1) is 14.2. The van der Waals surface area contributed by atoms with Crippen molar-refractivity contribution in [1.29, 1.82) is 5.41 Å². The number of hydrogen-bond acceptors (Lipinski definition) is 4. The molecule has 0 bridgehead atoms. The molecule has 0 saturated carbocycles. The van der Waals surface area contributed by atoms with Crippen LogP contribution in [0, 0.1) is 5.41 Å². The number of rotatable bonds is 3. The quantitative estimate of drug-likeness (QED) is 0.676. The number of anilines is 1. The molecule has 3 rings (SSSR count). The van der Waals surface area contributed by atoms with Crippen molar-refractivity contribution >= 4 is 34.3 Å². The van der Waals surface area contributed by atoms with E-state index in [0.717, 1.165) is 41.1 Å². The molecule has 0 spiro atoms. The Morgan fingerprint density at radius 2 is 2.29 bits per heavy atom. The molecule has 3 N–H and O–H groups in total. The predicted octanol–water partition coefficient (Wildman–Crippen LogP) is 2.85. The second-order valence-electron chi connectivity index (χ2n) is 5.31. The number of para-hydroxylation sites is 1. The lowest BCUT2D eigenvalue weighted by molar-refractivity contribution is 0.721. The van der Waals surface area contributed by atoms with Gasteiger partial charge in [0.2, 0.25) is 0 Å². The molecular formula is C16H20N4S. The SMILES string of the molecule is CCC1CN(c2cc(C(=N)N)c3ccccc3n2)CCS1. The average molecular weight is 300 g/mol. The number of benzene rings is 1. The smallest absolute Gasteiger partial charge is 0.130 e. The fourth-order valence-electron chi connectivity index (χ4n) is 2.72. The van der Waals surface area contributed by atoms with Gasteiger partial charge in [-0.15, -0.1) is 0 Å². The Bertz CT molecular complexity index is 670. The topological polar surface area (TPSA) is 66.0 Å². The Hall–Kier alpha value is -1.75. The van der Waals surface area contributed by atoms with E-state index in [0.29, 0.717) is 5.25 Å². The number of nitrogen functional groups attached to an aromatic ring is 1. The molecule has 1 unspecified atom stereocenters. The second-order valence-corrected chi connectivity index (χ2v) is 6.71. The Morgan fingerprint density at radius 3 is 3.05 bits per heavy atom. The minimum atomic E-state index is 0.105. The van der Waals surface area contributed by atoms with Gasteiger partial charge < -0.3 is 10.6 Å². The highest BCUT2D eigenvalue weighted by Crippen LogP contribution is 2.27. The Morgan fingerprint density at radius 1 is 1.48 bits per heavy atom. The molecule has 4 nitrogen and oxygen atoms in total. The fraction of sp³-hybridized carbons (Fsp3) is 0.375. The van der Waals surface area contributed by atoms with Gasteiger partial charge in [0.1, 0.15) is 11.7 Å². The number of fused-ring (bicyclic) bond motifs is 1. The summed E-state index contributed by atoms with van der Waals surface area (Å²) in [6, 6.07) is 9.86. The lowest BCUT2D eigenvalue weighted by atomic mass is 10.1. The van der Waals surface area contributed by atoms with Gasteiger partial charge in [-0.05, 0) is 18.6 Å². The lowest BCUT2D eigenvalue weighted by Crippen LogP contribution is -2.38. The van der Waals surface area contributed by atoms with Crippen LogP contribution in [0.25, 0.3) is 10.9 Å². The van der Waals surface area contributed by atoms with Crippen LogP contribution in [-0.2, 0) is 0 Å². The number of nitrogens with one attached hydrogen (secondary N) is 1. The monoisotopic (exact) mass is 300 g/mol. The summed E-state index contributed by atoms with van der Waals surface area (Å²) in [6.07, 6.45) is 1.17. The number of amidine groups is 1. The Kier molecular flexibility index (Phi) is 4.01. The maximum atomic E-state index is 7.83. The molecule has 0 radical (unpaired) electrons. The van der Waals surface area contributed by atoms with Gasteiger partial charge in [0.05, 0.1) is 5.52 Å². The maximum Gasteiger partial charge on any atom is 0.130 e. The number of aromatic nitrogens is 1. The van der Waals surface area contributed by atoms with E-state index in [2.05, 4.69) is 11.8 Å². The first-order valence-corrected chi connectivity index (χ1v) is 8.34. The van der Waals surface area contributed by atoms with Gasteiger partial charge in [0.25, 0.3) is 0 Å². The van der Waals surface area contributed by atoms with Crippen LogP contribution < -0.4 is 10.6 Å². The average Bonchev–Trinajstić information content (AvgIpc) is 2.53. The molecule has 0 aliphatic carbocycles. The molecule has 1 aliphatic heterocycles. The molecular weight excluding hydrogens is 280 g/mol. The van der Waals surface area contributed by atoms with Crippen LogP contribution in [0.5, 0.6) is 0 Å². The first-order chi connectivity index (χ1) is 10.2. The lowest BCUT2D eigenvalue weighted by Gasteiger charge is -2.33. The van der Waals surface area contributed by atoms with Crippen molar-refractivity contribution < 1.29 is 0 Å². The highest BCUT2D eigenvalue weighted by atomic mass is 32.2. The largest absolute Gasteiger partial charge is 0.384 e. The number of pyridine rings is 1. The van der Waals surface area contributed by atoms with E-state index in [-0.39, 0.29) is 5.84 Å². The van der Waals surface area contributed by atoms with Crippen molar-refractivity contribution in [2.45, 2.75) is 18.6 Å². The van der Waals surface area contributed by atoms with Gasteiger partial charge in [-0.25, -0.2) is 4.98 Å². The molecule has 110 valence electrons. The van der Waals surface area contributed by atoms with E-state index in [1.165, 1.54) is 6.42 Å². The highest BCUT2D eigenvalue weighted by Gasteiger charge is 2.21. The molecule has 1 atom stereocenters. The Balaban J connectivity index is 2.04. The highest BCUT2D eigenvalue weighted by molar-refractivity contribution is 8.00. The summed E-state index contributed by atoms with van der Waals surface area (Å²) in [5.41, 5.74) is 7.45. The molecule has 1 aromatic carbocycles. The number of nitrogens with two attached hydrogens (primary N) is 1. The van der Waals surface area contributed by atoms with Gasteiger partial charge in [-0.2, -0.15) is 11.8 Å². The minimum absolute atomic E-state index is 0.105. The molecule has 0 amide bonds. The first-order valence-electron chi connectivity index (χ1n) is 7.29. The van der Waals surface area contributed by atoms with Crippen molar-refractivity contribution in [3.8, 4) is 0 Å². The molecule has 1 aliphatic rings. The van der Waals surface area contributed by atoms with Crippen LogP contribution in [0.4, 0.5) is 5.82 Å². The molecule has 2 aromatic rings. The van der Waals surface area contributed by atoms with Crippen LogP contribution in [0.3, 0.4) is 0 Å². The van der Waals surface area contributed by atoms with Crippen LogP contribution in [-0.4, -0.2) is 34.9 Å². The van der Waals surface area contributed by atoms with Crippen molar-refractivity contribution in [2.24, 2.45) is 5.73 Å².